The van der Waals surface area contributed by atoms with Gasteiger partial charge >= 0.3 is 0 Å². The summed E-state index contributed by atoms with van der Waals surface area (Å²) in [6, 6.07) is 16.6. The first-order chi connectivity index (χ1) is 13.8. The van der Waals surface area contributed by atoms with Gasteiger partial charge in [0, 0.05) is 44.1 Å². The van der Waals surface area contributed by atoms with E-state index in [0.29, 0.717) is 0 Å². The smallest absolute Gasteiger partial charge is 0.0648 e. The highest BCUT2D eigenvalue weighted by Crippen LogP contribution is 2.19. The van der Waals surface area contributed by atoms with Gasteiger partial charge in [0.2, 0.25) is 0 Å². The number of benzene rings is 1. The van der Waals surface area contributed by atoms with E-state index in [-0.39, 0.29) is 6.04 Å². The Morgan fingerprint density at radius 3 is 2.61 bits per heavy atom. The van der Waals surface area contributed by atoms with Crippen molar-refractivity contribution < 1.29 is 4.74 Å². The van der Waals surface area contributed by atoms with Gasteiger partial charge in [0.25, 0.3) is 0 Å². The Morgan fingerprint density at radius 2 is 1.86 bits per heavy atom. The third kappa shape index (κ3) is 4.47. The second kappa shape index (κ2) is 9.10. The third-order valence-electron chi connectivity index (χ3n) is 5.19. The molecule has 146 valence electrons. The van der Waals surface area contributed by atoms with Gasteiger partial charge in [0.05, 0.1) is 36.3 Å². The first kappa shape index (κ1) is 18.8. The molecule has 1 saturated heterocycles. The maximum absolute atomic E-state index is 5.53. The summed E-state index contributed by atoms with van der Waals surface area (Å²) >= 11 is 0. The van der Waals surface area contributed by atoms with Crippen molar-refractivity contribution in [3.05, 3.63) is 77.9 Å². The Morgan fingerprint density at radius 1 is 1.07 bits per heavy atom. The van der Waals surface area contributed by atoms with Crippen LogP contribution in [0.15, 0.2) is 60.9 Å². The minimum absolute atomic E-state index is 0.245. The lowest BCUT2D eigenvalue weighted by atomic mass is 10.1. The predicted molar refractivity (Wildman–Crippen MR) is 109 cm³/mol. The minimum Gasteiger partial charge on any atom is -0.379 e. The Kier molecular flexibility index (Phi) is 6.11. The summed E-state index contributed by atoms with van der Waals surface area (Å²) < 4.78 is 7.48. The van der Waals surface area contributed by atoms with Gasteiger partial charge in [-0.05, 0) is 31.2 Å². The number of ether oxygens (including phenoxy) is 1. The van der Waals surface area contributed by atoms with Crippen LogP contribution in [0.5, 0.6) is 0 Å². The van der Waals surface area contributed by atoms with Crippen molar-refractivity contribution in [2.45, 2.75) is 19.5 Å². The van der Waals surface area contributed by atoms with E-state index in [1.165, 1.54) is 5.56 Å². The first-order valence-electron chi connectivity index (χ1n) is 9.85. The molecule has 3 heterocycles. The molecule has 0 saturated carbocycles. The average molecular weight is 377 g/mol. The highest BCUT2D eigenvalue weighted by atomic mass is 16.5. The van der Waals surface area contributed by atoms with Gasteiger partial charge in [-0.1, -0.05) is 24.3 Å². The second-order valence-corrected chi connectivity index (χ2v) is 7.07. The highest BCUT2D eigenvalue weighted by molar-refractivity contribution is 5.32. The molecule has 4 rings (SSSR count). The van der Waals surface area contributed by atoms with Crippen molar-refractivity contribution in [1.82, 2.24) is 25.0 Å². The quantitative estimate of drug-likeness (QED) is 0.686. The lowest BCUT2D eigenvalue weighted by Gasteiger charge is -2.34. The summed E-state index contributed by atoms with van der Waals surface area (Å²) in [5.41, 5.74) is 4.45. The summed E-state index contributed by atoms with van der Waals surface area (Å²) in [5, 5.41) is 8.29. The molecule has 28 heavy (non-hydrogen) atoms. The minimum atomic E-state index is 0.245. The van der Waals surface area contributed by atoms with Crippen LogP contribution in [0, 0.1) is 6.92 Å². The van der Waals surface area contributed by atoms with E-state index in [1.54, 1.807) is 0 Å². The van der Waals surface area contributed by atoms with E-state index in [0.717, 1.165) is 56.5 Å². The van der Waals surface area contributed by atoms with Crippen molar-refractivity contribution in [2.24, 2.45) is 0 Å². The Balaban J connectivity index is 1.43. The molecule has 1 N–H and O–H groups in total. The number of pyridine rings is 1. The number of hydrogen-bond donors (Lipinski definition) is 1. The molecule has 0 bridgehead atoms. The molecule has 1 fully saturated rings. The fraction of sp³-hybridized carbons (Fsp3) is 0.364. The van der Waals surface area contributed by atoms with Gasteiger partial charge in [-0.15, -0.1) is 0 Å². The number of rotatable bonds is 7. The Labute approximate surface area is 166 Å². The van der Waals surface area contributed by atoms with Crippen LogP contribution < -0.4 is 5.32 Å². The van der Waals surface area contributed by atoms with E-state index < -0.39 is 0 Å². The van der Waals surface area contributed by atoms with E-state index >= 15 is 0 Å². The molecule has 6 heteroatoms. The summed E-state index contributed by atoms with van der Waals surface area (Å²) in [7, 11) is 0. The number of nitrogens with one attached hydrogen (secondary N) is 1. The zero-order valence-corrected chi connectivity index (χ0v) is 16.3. The van der Waals surface area contributed by atoms with Gasteiger partial charge in [-0.2, -0.15) is 5.10 Å². The molecule has 6 nitrogen and oxygen atoms in total. The second-order valence-electron chi connectivity index (χ2n) is 7.07. The molecule has 1 aromatic carbocycles. The molecule has 1 atom stereocenters. The van der Waals surface area contributed by atoms with Crippen molar-refractivity contribution >= 4 is 0 Å². The van der Waals surface area contributed by atoms with Gasteiger partial charge in [0.15, 0.2) is 0 Å². The lowest BCUT2D eigenvalue weighted by molar-refractivity contribution is 0.0152. The fourth-order valence-electron chi connectivity index (χ4n) is 3.61. The van der Waals surface area contributed by atoms with Crippen LogP contribution in [0.3, 0.4) is 0 Å². The SMILES string of the molecule is Cc1nn(-c2ccccc2)cc1CNCC(c1ccccn1)N1CCOCC1. The molecule has 1 aliphatic rings. The molecule has 1 unspecified atom stereocenters. The number of morpholine rings is 1. The molecular weight excluding hydrogens is 350 g/mol. The number of aromatic nitrogens is 3. The maximum Gasteiger partial charge on any atom is 0.0648 e. The zero-order valence-electron chi connectivity index (χ0n) is 16.3. The molecule has 0 aliphatic carbocycles. The number of aryl methyl sites for hydroxylation is 1. The van der Waals surface area contributed by atoms with Crippen LogP contribution in [0.25, 0.3) is 5.69 Å². The molecule has 1 aliphatic heterocycles. The zero-order chi connectivity index (χ0) is 19.2. The Bertz CT molecular complexity index is 859. The highest BCUT2D eigenvalue weighted by Gasteiger charge is 2.23. The van der Waals surface area contributed by atoms with E-state index in [1.807, 2.05) is 35.1 Å². The number of nitrogens with zero attached hydrogens (tertiary/aromatic N) is 4. The van der Waals surface area contributed by atoms with Crippen molar-refractivity contribution in [3.8, 4) is 5.69 Å². The lowest BCUT2D eigenvalue weighted by Crippen LogP contribution is -2.43. The van der Waals surface area contributed by atoms with Crippen LogP contribution in [0.2, 0.25) is 0 Å². The number of para-hydroxylation sites is 1. The van der Waals surface area contributed by atoms with E-state index in [9.17, 15) is 0 Å². The monoisotopic (exact) mass is 377 g/mol. The fourth-order valence-corrected chi connectivity index (χ4v) is 3.61. The Hall–Kier alpha value is -2.54. The van der Waals surface area contributed by atoms with E-state index in [2.05, 4.69) is 57.7 Å². The summed E-state index contributed by atoms with van der Waals surface area (Å²) in [6.45, 7) is 7.13. The topological polar surface area (TPSA) is 55.2 Å². The van der Waals surface area contributed by atoms with E-state index in [4.69, 9.17) is 4.74 Å². The standard InChI is InChI=1S/C22H27N5O/c1-18-19(17-27(25-18)20-7-3-2-4-8-20)15-23-16-22(21-9-5-6-10-24-21)26-11-13-28-14-12-26/h2-10,17,22-23H,11-16H2,1H3. The molecule has 2 aromatic heterocycles. The van der Waals surface area contributed by atoms with Crippen LogP contribution in [-0.4, -0.2) is 52.5 Å². The molecule has 3 aromatic rings. The van der Waals surface area contributed by atoms with Gasteiger partial charge < -0.3 is 10.1 Å². The van der Waals surface area contributed by atoms with Crippen molar-refractivity contribution in [1.29, 1.82) is 0 Å². The van der Waals surface area contributed by atoms with Crippen molar-refractivity contribution in [2.75, 3.05) is 32.8 Å². The average Bonchev–Trinajstić information content (AvgIpc) is 3.14. The normalized spacial score (nSPS) is 16.2. The molecule has 0 amide bonds. The number of hydrogen-bond acceptors (Lipinski definition) is 5. The summed E-state index contributed by atoms with van der Waals surface area (Å²) in [6.07, 6.45) is 3.99. The molecule has 0 spiro atoms. The van der Waals surface area contributed by atoms with Gasteiger partial charge in [0.1, 0.15) is 0 Å². The van der Waals surface area contributed by atoms with Crippen LogP contribution in [0.4, 0.5) is 0 Å². The van der Waals surface area contributed by atoms with Crippen LogP contribution >= 0.6 is 0 Å². The van der Waals surface area contributed by atoms with Gasteiger partial charge in [-0.25, -0.2) is 4.68 Å². The summed E-state index contributed by atoms with van der Waals surface area (Å²) in [5.74, 6) is 0. The first-order valence-corrected chi connectivity index (χ1v) is 9.85. The van der Waals surface area contributed by atoms with Crippen molar-refractivity contribution in [3.63, 3.8) is 0 Å². The largest absolute Gasteiger partial charge is 0.379 e. The van der Waals surface area contributed by atoms with Gasteiger partial charge in [-0.3, -0.25) is 9.88 Å². The molecule has 0 radical (unpaired) electrons. The predicted octanol–water partition coefficient (Wildman–Crippen LogP) is 2.74. The molecular formula is C22H27N5O. The summed E-state index contributed by atoms with van der Waals surface area (Å²) in [4.78, 5) is 7.06. The maximum atomic E-state index is 5.53. The van der Waals surface area contributed by atoms with Crippen LogP contribution in [0.1, 0.15) is 23.0 Å². The van der Waals surface area contributed by atoms with Crippen LogP contribution in [-0.2, 0) is 11.3 Å². The third-order valence-corrected chi connectivity index (χ3v) is 5.19.